The van der Waals surface area contributed by atoms with Gasteiger partial charge in [-0.2, -0.15) is 0 Å². The Balaban J connectivity index is 1.34. The van der Waals surface area contributed by atoms with Gasteiger partial charge in [0.15, 0.2) is 27.1 Å². The van der Waals surface area contributed by atoms with Gasteiger partial charge in [-0.3, -0.25) is 4.79 Å². The summed E-state index contributed by atoms with van der Waals surface area (Å²) in [6.45, 7) is 2.96. The molecule has 1 aliphatic heterocycles. The largest absolute Gasteiger partial charge is 0.493 e. The summed E-state index contributed by atoms with van der Waals surface area (Å²) in [5.41, 5.74) is 3.08. The van der Waals surface area contributed by atoms with E-state index in [4.69, 9.17) is 13.9 Å². The smallest absolute Gasteiger partial charge is 0.223 e. The van der Waals surface area contributed by atoms with Crippen LogP contribution in [0, 0.1) is 0 Å². The van der Waals surface area contributed by atoms with Gasteiger partial charge < -0.3 is 23.7 Å². The number of benzene rings is 3. The van der Waals surface area contributed by atoms with Crippen LogP contribution in [-0.4, -0.2) is 65.9 Å². The Morgan fingerprint density at radius 1 is 0.897 bits per heavy atom. The second-order valence-electron chi connectivity index (χ2n) is 9.64. The average Bonchev–Trinajstić information content (AvgIpc) is 3.35. The van der Waals surface area contributed by atoms with Crippen molar-refractivity contribution in [2.75, 3.05) is 51.6 Å². The summed E-state index contributed by atoms with van der Waals surface area (Å²) in [7, 11) is -0.578. The number of ether oxygens (including phenoxy) is 2. The van der Waals surface area contributed by atoms with Gasteiger partial charge in [-0.15, -0.1) is 0 Å². The third-order valence-electron chi connectivity index (χ3n) is 7.10. The lowest BCUT2D eigenvalue weighted by molar-refractivity contribution is -0.131. The molecule has 4 aromatic rings. The molecule has 0 atom stereocenters. The van der Waals surface area contributed by atoms with Crippen LogP contribution in [0.3, 0.4) is 0 Å². The molecule has 0 aliphatic carbocycles. The number of carbonyl (C=O) groups excluding carboxylic acids is 1. The maximum absolute atomic E-state index is 13.0. The maximum Gasteiger partial charge on any atom is 0.223 e. The lowest BCUT2D eigenvalue weighted by Gasteiger charge is -2.36. The fraction of sp³-hybridized carbons (Fsp3) is 0.300. The number of piperazine rings is 1. The SMILES string of the molecule is COc1ccc(-c2oc3ccc(CCC(=O)N4CCN(c5ccccc5)CC4)cc3c2S(C)(=O)=O)cc1OC. The van der Waals surface area contributed by atoms with Crippen molar-refractivity contribution in [3.8, 4) is 22.8 Å². The number of hydrogen-bond acceptors (Lipinski definition) is 7. The van der Waals surface area contributed by atoms with Crippen molar-refractivity contribution < 1.29 is 27.1 Å². The van der Waals surface area contributed by atoms with Gasteiger partial charge in [0.1, 0.15) is 10.5 Å². The van der Waals surface area contributed by atoms with Gasteiger partial charge in [0, 0.05) is 55.5 Å². The quantitative estimate of drug-likeness (QED) is 0.312. The minimum absolute atomic E-state index is 0.101. The van der Waals surface area contributed by atoms with E-state index in [9.17, 15) is 13.2 Å². The standard InChI is InChI=1S/C30H32N2O6S/c1-36-26-13-11-22(20-27(26)37-2)29-30(39(3,34)35)24-19-21(9-12-25(24)38-29)10-14-28(33)32-17-15-31(16-18-32)23-7-5-4-6-8-23/h4-9,11-13,19-20H,10,14-18H2,1-3H3. The Kier molecular flexibility index (Phi) is 7.52. The van der Waals surface area contributed by atoms with Crippen LogP contribution in [0.2, 0.25) is 0 Å². The van der Waals surface area contributed by atoms with E-state index in [0.29, 0.717) is 54.0 Å². The summed E-state index contributed by atoms with van der Waals surface area (Å²) >= 11 is 0. The highest BCUT2D eigenvalue weighted by atomic mass is 32.2. The number of methoxy groups -OCH3 is 2. The second kappa shape index (κ2) is 11.0. The number of nitrogens with zero attached hydrogens (tertiary/aromatic N) is 2. The van der Waals surface area contributed by atoms with E-state index in [-0.39, 0.29) is 16.6 Å². The average molecular weight is 549 g/mol. The molecule has 0 N–H and O–H groups in total. The van der Waals surface area contributed by atoms with Crippen LogP contribution in [0.5, 0.6) is 11.5 Å². The molecule has 3 aromatic carbocycles. The summed E-state index contributed by atoms with van der Waals surface area (Å²) < 4.78 is 42.6. The molecule has 1 saturated heterocycles. The Morgan fingerprint density at radius 2 is 1.62 bits per heavy atom. The number of hydrogen-bond donors (Lipinski definition) is 0. The van der Waals surface area contributed by atoms with E-state index in [0.717, 1.165) is 18.7 Å². The minimum atomic E-state index is -3.64. The van der Waals surface area contributed by atoms with Crippen LogP contribution in [-0.2, 0) is 21.1 Å². The molecule has 0 unspecified atom stereocenters. The van der Waals surface area contributed by atoms with Gasteiger partial charge in [-0.1, -0.05) is 24.3 Å². The molecular formula is C30H32N2O6S. The minimum Gasteiger partial charge on any atom is -0.493 e. The van der Waals surface area contributed by atoms with Crippen LogP contribution >= 0.6 is 0 Å². The first-order valence-corrected chi connectivity index (χ1v) is 14.7. The van der Waals surface area contributed by atoms with E-state index in [1.807, 2.05) is 35.2 Å². The van der Waals surface area contributed by atoms with Gasteiger partial charge >= 0.3 is 0 Å². The first-order valence-electron chi connectivity index (χ1n) is 12.8. The number of carbonyl (C=O) groups is 1. The predicted molar refractivity (Wildman–Crippen MR) is 151 cm³/mol. The topological polar surface area (TPSA) is 89.3 Å². The molecule has 1 aromatic heterocycles. The van der Waals surface area contributed by atoms with E-state index in [1.54, 1.807) is 24.3 Å². The van der Waals surface area contributed by atoms with E-state index in [1.165, 1.54) is 26.2 Å². The summed E-state index contributed by atoms with van der Waals surface area (Å²) in [6, 6.07) is 20.8. The van der Waals surface area contributed by atoms with Crippen LogP contribution < -0.4 is 14.4 Å². The van der Waals surface area contributed by atoms with Gasteiger partial charge in [-0.25, -0.2) is 8.42 Å². The van der Waals surface area contributed by atoms with Gasteiger partial charge in [-0.05, 0) is 54.4 Å². The molecule has 8 nitrogen and oxygen atoms in total. The molecule has 1 fully saturated rings. The number of furan rings is 1. The molecular weight excluding hydrogens is 516 g/mol. The Bertz CT molecular complexity index is 1590. The number of para-hydroxylation sites is 1. The summed E-state index contributed by atoms with van der Waals surface area (Å²) in [5, 5.41) is 0.503. The van der Waals surface area contributed by atoms with Crippen LogP contribution in [0.15, 0.2) is 76.0 Å². The third-order valence-corrected chi connectivity index (χ3v) is 8.25. The zero-order valence-corrected chi connectivity index (χ0v) is 23.2. The molecule has 2 heterocycles. The predicted octanol–water partition coefficient (Wildman–Crippen LogP) is 4.80. The number of anilines is 1. The molecule has 39 heavy (non-hydrogen) atoms. The van der Waals surface area contributed by atoms with Crippen molar-refractivity contribution in [3.63, 3.8) is 0 Å². The lowest BCUT2D eigenvalue weighted by atomic mass is 10.1. The van der Waals surface area contributed by atoms with Crippen LogP contribution in [0.1, 0.15) is 12.0 Å². The van der Waals surface area contributed by atoms with Crippen LogP contribution in [0.4, 0.5) is 5.69 Å². The number of amides is 1. The van der Waals surface area contributed by atoms with Gasteiger partial charge in [0.25, 0.3) is 0 Å². The van der Waals surface area contributed by atoms with E-state index in [2.05, 4.69) is 17.0 Å². The summed E-state index contributed by atoms with van der Waals surface area (Å²) in [5.74, 6) is 1.35. The van der Waals surface area contributed by atoms with Gasteiger partial charge in [0.05, 0.1) is 14.2 Å². The molecule has 0 saturated carbocycles. The molecule has 0 radical (unpaired) electrons. The lowest BCUT2D eigenvalue weighted by Crippen LogP contribution is -2.48. The molecule has 0 spiro atoms. The van der Waals surface area contributed by atoms with E-state index >= 15 is 0 Å². The van der Waals surface area contributed by atoms with Crippen LogP contribution in [0.25, 0.3) is 22.3 Å². The second-order valence-corrected chi connectivity index (χ2v) is 11.6. The zero-order valence-electron chi connectivity index (χ0n) is 22.3. The fourth-order valence-corrected chi connectivity index (χ4v) is 6.13. The van der Waals surface area contributed by atoms with Crippen molar-refractivity contribution in [1.29, 1.82) is 0 Å². The number of fused-ring (bicyclic) bond motifs is 1. The maximum atomic E-state index is 13.0. The highest BCUT2D eigenvalue weighted by molar-refractivity contribution is 7.91. The van der Waals surface area contributed by atoms with Crippen molar-refractivity contribution in [2.45, 2.75) is 17.7 Å². The monoisotopic (exact) mass is 548 g/mol. The zero-order chi connectivity index (χ0) is 27.6. The molecule has 1 aliphatic rings. The van der Waals surface area contributed by atoms with Crippen molar-refractivity contribution in [1.82, 2.24) is 4.90 Å². The first-order chi connectivity index (χ1) is 18.8. The molecule has 5 rings (SSSR count). The fourth-order valence-electron chi connectivity index (χ4n) is 5.08. The van der Waals surface area contributed by atoms with Gasteiger partial charge in [0.2, 0.25) is 5.91 Å². The molecule has 204 valence electrons. The first kappa shape index (κ1) is 26.6. The van der Waals surface area contributed by atoms with Crippen molar-refractivity contribution >= 4 is 32.4 Å². The highest BCUT2D eigenvalue weighted by Gasteiger charge is 2.26. The summed E-state index contributed by atoms with van der Waals surface area (Å²) in [4.78, 5) is 17.3. The number of aryl methyl sites for hydroxylation is 1. The Labute approximate surface area is 228 Å². The molecule has 1 amide bonds. The Hall–Kier alpha value is -3.98. The molecule has 0 bridgehead atoms. The highest BCUT2D eigenvalue weighted by Crippen LogP contribution is 2.40. The number of sulfone groups is 1. The molecule has 9 heteroatoms. The van der Waals surface area contributed by atoms with Crippen molar-refractivity contribution in [3.05, 3.63) is 72.3 Å². The van der Waals surface area contributed by atoms with E-state index < -0.39 is 9.84 Å². The normalized spacial score (nSPS) is 14.0. The number of rotatable bonds is 8. The third kappa shape index (κ3) is 5.59. The summed E-state index contributed by atoms with van der Waals surface area (Å²) in [6.07, 6.45) is 2.03. The van der Waals surface area contributed by atoms with Crippen molar-refractivity contribution in [2.24, 2.45) is 0 Å². The Morgan fingerprint density at radius 3 is 2.28 bits per heavy atom.